The van der Waals surface area contributed by atoms with Crippen molar-refractivity contribution in [2.24, 2.45) is 5.92 Å². The summed E-state index contributed by atoms with van der Waals surface area (Å²) in [5, 5.41) is 22.0. The lowest BCUT2D eigenvalue weighted by atomic mass is 10.1. The number of nitrogens with zero attached hydrogens (tertiary/aromatic N) is 4. The molecule has 2 aliphatic heterocycles. The Bertz CT molecular complexity index is 1200. The molecule has 5 rings (SSSR count). The number of benzene rings is 2. The fourth-order valence-electron chi connectivity index (χ4n) is 4.78. The van der Waals surface area contributed by atoms with Gasteiger partial charge in [-0.3, -0.25) is 14.8 Å². The van der Waals surface area contributed by atoms with Crippen LogP contribution in [0.5, 0.6) is 5.75 Å². The van der Waals surface area contributed by atoms with Crippen LogP contribution in [0.4, 0.5) is 5.82 Å². The zero-order valence-corrected chi connectivity index (χ0v) is 20.3. The molecule has 8 nitrogen and oxygen atoms in total. The van der Waals surface area contributed by atoms with Gasteiger partial charge < -0.3 is 20.2 Å². The molecule has 180 valence electrons. The maximum Gasteiger partial charge on any atom is 0.258 e. The second-order valence-electron chi connectivity index (χ2n) is 10.1. The molecule has 3 heterocycles. The van der Waals surface area contributed by atoms with Crippen LogP contribution in [0.15, 0.2) is 30.3 Å². The number of carbonyl (C=O) groups excluding carboxylic acids is 1. The highest BCUT2D eigenvalue weighted by atomic mass is 16.3. The predicted molar refractivity (Wildman–Crippen MR) is 134 cm³/mol. The van der Waals surface area contributed by atoms with E-state index in [1.165, 1.54) is 16.7 Å². The Balaban J connectivity index is 1.31. The molecule has 1 saturated heterocycles. The van der Waals surface area contributed by atoms with Crippen molar-refractivity contribution in [2.45, 2.75) is 33.5 Å². The monoisotopic (exact) mass is 462 g/mol. The number of H-pyrrole nitrogens is 1. The SMILES string of the molecule is CC(C)CNc1n[nH]c2cc(O)c(C(=O)N3Cc4ccc(CN5CCN(C)CC5)cc4C3)cc12. The van der Waals surface area contributed by atoms with Crippen LogP contribution >= 0.6 is 0 Å². The molecular formula is C26H34N6O2. The third kappa shape index (κ3) is 4.60. The highest BCUT2D eigenvalue weighted by molar-refractivity contribution is 6.03. The number of piperazine rings is 1. The van der Waals surface area contributed by atoms with Crippen LogP contribution < -0.4 is 5.32 Å². The molecule has 1 amide bonds. The van der Waals surface area contributed by atoms with Crippen molar-refractivity contribution in [3.63, 3.8) is 0 Å². The first-order chi connectivity index (χ1) is 16.4. The van der Waals surface area contributed by atoms with Crippen molar-refractivity contribution in [1.82, 2.24) is 24.9 Å². The summed E-state index contributed by atoms with van der Waals surface area (Å²) in [6, 6.07) is 9.93. The van der Waals surface area contributed by atoms with Crippen LogP contribution in [0.3, 0.4) is 0 Å². The molecule has 3 N–H and O–H groups in total. The molecule has 2 aliphatic rings. The van der Waals surface area contributed by atoms with Gasteiger partial charge in [0.25, 0.3) is 5.91 Å². The topological polar surface area (TPSA) is 87.7 Å². The van der Waals surface area contributed by atoms with Crippen molar-refractivity contribution < 1.29 is 9.90 Å². The van der Waals surface area contributed by atoms with E-state index >= 15 is 0 Å². The van der Waals surface area contributed by atoms with Gasteiger partial charge in [0.2, 0.25) is 0 Å². The molecule has 0 saturated carbocycles. The van der Waals surface area contributed by atoms with Gasteiger partial charge in [-0.2, -0.15) is 5.10 Å². The minimum atomic E-state index is -0.160. The second-order valence-corrected chi connectivity index (χ2v) is 10.1. The van der Waals surface area contributed by atoms with Crippen LogP contribution in [-0.2, 0) is 19.6 Å². The number of fused-ring (bicyclic) bond motifs is 2. The lowest BCUT2D eigenvalue weighted by Gasteiger charge is -2.32. The minimum absolute atomic E-state index is 0.0247. The maximum absolute atomic E-state index is 13.4. The van der Waals surface area contributed by atoms with E-state index in [2.05, 4.69) is 64.4 Å². The number of amides is 1. The van der Waals surface area contributed by atoms with Gasteiger partial charge in [0, 0.05) is 63.8 Å². The third-order valence-electron chi connectivity index (χ3n) is 6.87. The van der Waals surface area contributed by atoms with E-state index in [0.717, 1.165) is 44.7 Å². The van der Waals surface area contributed by atoms with E-state index in [0.29, 0.717) is 35.9 Å². The molecule has 2 aromatic carbocycles. The molecule has 1 fully saturated rings. The van der Waals surface area contributed by atoms with Crippen LogP contribution in [0.25, 0.3) is 10.9 Å². The van der Waals surface area contributed by atoms with E-state index in [4.69, 9.17) is 0 Å². The standard InChI is InChI=1S/C26H34N6O2/c1-17(2)13-27-25-21-11-22(24(33)12-23(21)28-29-25)26(34)32-15-19-5-4-18(10-20(19)16-32)14-31-8-6-30(3)7-9-31/h4-5,10-12,17,33H,6-9,13-16H2,1-3H3,(H2,27,28,29). The molecule has 8 heteroatoms. The Morgan fingerprint density at radius 2 is 1.88 bits per heavy atom. The number of phenolic OH excluding ortho intramolecular Hbond substituents is 1. The fourth-order valence-corrected chi connectivity index (χ4v) is 4.78. The van der Waals surface area contributed by atoms with Gasteiger partial charge in [0.15, 0.2) is 5.82 Å². The lowest BCUT2D eigenvalue weighted by molar-refractivity contribution is 0.0748. The summed E-state index contributed by atoms with van der Waals surface area (Å²) in [4.78, 5) is 20.1. The normalized spacial score (nSPS) is 17.0. The number of anilines is 1. The molecule has 0 atom stereocenters. The number of aromatic nitrogens is 2. The minimum Gasteiger partial charge on any atom is -0.507 e. The Morgan fingerprint density at radius 1 is 1.12 bits per heavy atom. The van der Waals surface area contributed by atoms with Gasteiger partial charge in [0.1, 0.15) is 5.75 Å². The smallest absolute Gasteiger partial charge is 0.258 e. The summed E-state index contributed by atoms with van der Waals surface area (Å²) in [7, 11) is 2.17. The van der Waals surface area contributed by atoms with Gasteiger partial charge in [-0.15, -0.1) is 0 Å². The average molecular weight is 463 g/mol. The van der Waals surface area contributed by atoms with Crippen molar-refractivity contribution in [3.05, 3.63) is 52.6 Å². The summed E-state index contributed by atoms with van der Waals surface area (Å²) in [5.41, 5.74) is 4.69. The summed E-state index contributed by atoms with van der Waals surface area (Å²) < 4.78 is 0. The molecule has 0 aliphatic carbocycles. The van der Waals surface area contributed by atoms with Crippen LogP contribution in [0.1, 0.15) is 40.9 Å². The van der Waals surface area contributed by atoms with Crippen molar-refractivity contribution >= 4 is 22.6 Å². The molecular weight excluding hydrogens is 428 g/mol. The number of hydrogen-bond acceptors (Lipinski definition) is 6. The van der Waals surface area contributed by atoms with E-state index < -0.39 is 0 Å². The Labute approximate surface area is 200 Å². The number of phenols is 1. The quantitative estimate of drug-likeness (QED) is 0.521. The number of aromatic amines is 1. The number of hydrogen-bond donors (Lipinski definition) is 3. The molecule has 0 radical (unpaired) electrons. The molecule has 0 unspecified atom stereocenters. The van der Waals surface area contributed by atoms with E-state index in [-0.39, 0.29) is 11.7 Å². The fraction of sp³-hybridized carbons (Fsp3) is 0.462. The van der Waals surface area contributed by atoms with Gasteiger partial charge in [-0.25, -0.2) is 0 Å². The molecule has 3 aromatic rings. The Hall–Kier alpha value is -3.10. The van der Waals surface area contributed by atoms with E-state index in [9.17, 15) is 9.90 Å². The van der Waals surface area contributed by atoms with E-state index in [1.807, 2.05) is 4.90 Å². The summed E-state index contributed by atoms with van der Waals surface area (Å²) in [5.74, 6) is 0.987. The first-order valence-electron chi connectivity index (χ1n) is 12.1. The first kappa shape index (κ1) is 22.7. The van der Waals surface area contributed by atoms with Gasteiger partial charge in [0.05, 0.1) is 11.1 Å². The number of aromatic hydroxyl groups is 1. The van der Waals surface area contributed by atoms with Crippen molar-refractivity contribution in [2.75, 3.05) is 45.1 Å². The summed E-state index contributed by atoms with van der Waals surface area (Å²) in [6.45, 7) is 11.5. The molecule has 1 aromatic heterocycles. The number of nitrogens with one attached hydrogen (secondary N) is 2. The number of rotatable bonds is 6. The average Bonchev–Trinajstić information content (AvgIpc) is 3.41. The van der Waals surface area contributed by atoms with Gasteiger partial charge in [-0.05, 0) is 35.7 Å². The lowest BCUT2D eigenvalue weighted by Crippen LogP contribution is -2.43. The van der Waals surface area contributed by atoms with Crippen molar-refractivity contribution in [3.8, 4) is 5.75 Å². The predicted octanol–water partition coefficient (Wildman–Crippen LogP) is 3.24. The summed E-state index contributed by atoms with van der Waals surface area (Å²) in [6.07, 6.45) is 0. The number of carbonyl (C=O) groups is 1. The van der Waals surface area contributed by atoms with Crippen LogP contribution in [0.2, 0.25) is 0 Å². The zero-order chi connectivity index (χ0) is 23.8. The largest absolute Gasteiger partial charge is 0.507 e. The van der Waals surface area contributed by atoms with Crippen LogP contribution in [0, 0.1) is 5.92 Å². The molecule has 34 heavy (non-hydrogen) atoms. The maximum atomic E-state index is 13.4. The van der Waals surface area contributed by atoms with E-state index in [1.54, 1.807) is 12.1 Å². The Kier molecular flexibility index (Phi) is 6.18. The van der Waals surface area contributed by atoms with Crippen LogP contribution in [-0.4, -0.2) is 75.7 Å². The summed E-state index contributed by atoms with van der Waals surface area (Å²) >= 11 is 0. The molecule has 0 bridgehead atoms. The van der Waals surface area contributed by atoms with Gasteiger partial charge in [-0.1, -0.05) is 32.0 Å². The second kappa shape index (κ2) is 9.27. The Morgan fingerprint density at radius 3 is 2.65 bits per heavy atom. The highest BCUT2D eigenvalue weighted by Crippen LogP contribution is 2.32. The van der Waals surface area contributed by atoms with Crippen molar-refractivity contribution in [1.29, 1.82) is 0 Å². The van der Waals surface area contributed by atoms with Gasteiger partial charge >= 0.3 is 0 Å². The first-order valence-corrected chi connectivity index (χ1v) is 12.1. The third-order valence-corrected chi connectivity index (χ3v) is 6.87. The zero-order valence-electron chi connectivity index (χ0n) is 20.3. The number of likely N-dealkylation sites (N-methyl/N-ethyl adjacent to an activating group) is 1. The molecule has 0 spiro atoms. The highest BCUT2D eigenvalue weighted by Gasteiger charge is 2.27.